The number of nitrogens with two attached hydrogens (primary N) is 3. The number of aryl methyl sites for hydroxylation is 1. The van der Waals surface area contributed by atoms with E-state index in [2.05, 4.69) is 41.8 Å². The third-order valence-corrected chi connectivity index (χ3v) is 12.0. The van der Waals surface area contributed by atoms with E-state index in [4.69, 9.17) is 110 Å². The average Bonchev–Trinajstić information content (AvgIpc) is 3.19. The van der Waals surface area contributed by atoms with E-state index >= 15 is 0 Å². The van der Waals surface area contributed by atoms with Crippen LogP contribution in [0.1, 0.15) is 17.0 Å². The second kappa shape index (κ2) is 20.8. The van der Waals surface area contributed by atoms with E-state index in [1.807, 2.05) is 37.2 Å². The van der Waals surface area contributed by atoms with Gasteiger partial charge in [0.25, 0.3) is 0 Å². The van der Waals surface area contributed by atoms with Gasteiger partial charge in [0.05, 0.1) is 41.4 Å². The number of halogens is 11. The molecule has 0 radical (unpaired) electrons. The number of benzene rings is 3. The van der Waals surface area contributed by atoms with Crippen LogP contribution in [0.25, 0.3) is 27.8 Å². The number of nitrogens with zero attached hydrogens (tertiary/aromatic N) is 9. The molecular formula is C39H37Cl8F3N12. The van der Waals surface area contributed by atoms with Crippen molar-refractivity contribution in [3.63, 3.8) is 0 Å². The smallest absolute Gasteiger partial charge is 0.383 e. The maximum absolute atomic E-state index is 13.0. The van der Waals surface area contributed by atoms with Crippen molar-refractivity contribution in [3.05, 3.63) is 106 Å². The molecule has 7 rings (SSSR count). The minimum atomic E-state index is -4.76. The largest absolute Gasteiger partial charge is 0.434 e. The van der Waals surface area contributed by atoms with Crippen molar-refractivity contribution in [1.82, 2.24) is 34.9 Å². The van der Waals surface area contributed by atoms with Gasteiger partial charge in [-0.05, 0) is 44.3 Å². The highest BCUT2D eigenvalue weighted by atomic mass is 35.5. The van der Waals surface area contributed by atoms with Crippen LogP contribution in [-0.4, -0.2) is 95.1 Å². The molecule has 0 unspecified atom stereocenters. The van der Waals surface area contributed by atoms with Gasteiger partial charge < -0.3 is 27.0 Å². The fraction of sp³-hybridized carbons (Fsp3) is 0.256. The lowest BCUT2D eigenvalue weighted by Crippen LogP contribution is -2.45. The highest BCUT2D eigenvalue weighted by Crippen LogP contribution is 2.43. The molecule has 0 amide bonds. The zero-order valence-corrected chi connectivity index (χ0v) is 39.2. The minimum Gasteiger partial charge on any atom is -0.383 e. The van der Waals surface area contributed by atoms with Gasteiger partial charge in [-0.15, -0.1) is 0 Å². The van der Waals surface area contributed by atoms with Crippen molar-refractivity contribution in [2.45, 2.75) is 13.1 Å². The van der Waals surface area contributed by atoms with Gasteiger partial charge in [0, 0.05) is 90.6 Å². The van der Waals surface area contributed by atoms with Crippen molar-refractivity contribution in [1.29, 1.82) is 0 Å². The lowest BCUT2D eigenvalue weighted by Gasteiger charge is -2.32. The predicted molar refractivity (Wildman–Crippen MR) is 251 cm³/mol. The molecule has 330 valence electrons. The summed E-state index contributed by atoms with van der Waals surface area (Å²) in [6.45, 7) is 6.16. The summed E-state index contributed by atoms with van der Waals surface area (Å²) in [6.07, 6.45) is -1.03. The summed E-state index contributed by atoms with van der Waals surface area (Å²) in [6, 6.07) is 11.0. The number of hydrazine groups is 1. The Kier molecular flexibility index (Phi) is 16.6. The molecular weight excluding hydrogens is 977 g/mol. The summed E-state index contributed by atoms with van der Waals surface area (Å²) >= 11 is 48.5. The summed E-state index contributed by atoms with van der Waals surface area (Å²) < 4.78 is 39.1. The summed E-state index contributed by atoms with van der Waals surface area (Å²) in [5.41, 5.74) is 19.0. The van der Waals surface area contributed by atoms with Crippen molar-refractivity contribution < 1.29 is 13.2 Å². The second-order valence-electron chi connectivity index (χ2n) is 13.8. The maximum atomic E-state index is 13.0. The highest BCUT2D eigenvalue weighted by Gasteiger charge is 2.38. The summed E-state index contributed by atoms with van der Waals surface area (Å²) in [5, 5.41) is 6.66. The van der Waals surface area contributed by atoms with Crippen molar-refractivity contribution in [2.24, 2.45) is 4.99 Å². The van der Waals surface area contributed by atoms with Crippen LogP contribution < -0.4 is 22.1 Å². The van der Waals surface area contributed by atoms with E-state index in [1.165, 1.54) is 18.2 Å². The Morgan fingerprint density at radius 2 is 1.24 bits per heavy atom. The first kappa shape index (κ1) is 49.3. The highest BCUT2D eigenvalue weighted by molar-refractivity contribution is 6.46. The van der Waals surface area contributed by atoms with Crippen molar-refractivity contribution in [2.75, 3.05) is 76.1 Å². The first-order valence-electron chi connectivity index (χ1n) is 18.0. The molecule has 12 nitrogen and oxygen atoms in total. The second-order valence-corrected chi connectivity index (χ2v) is 17.0. The van der Waals surface area contributed by atoms with Gasteiger partial charge in [-0.1, -0.05) is 105 Å². The van der Waals surface area contributed by atoms with Gasteiger partial charge in [-0.25, -0.2) is 15.0 Å². The molecule has 3 aromatic carbocycles. The Bertz CT molecular complexity index is 2490. The number of alkyl halides is 3. The van der Waals surface area contributed by atoms with Crippen molar-refractivity contribution >= 4 is 128 Å². The van der Waals surface area contributed by atoms with Crippen molar-refractivity contribution in [3.8, 4) is 22.3 Å². The number of anilines is 4. The first-order valence-corrected chi connectivity index (χ1v) is 21.1. The number of aromatic nitrogens is 4. The number of piperazine rings is 1. The molecule has 23 heteroatoms. The summed E-state index contributed by atoms with van der Waals surface area (Å²) in [7, 11) is 5.99. The van der Waals surface area contributed by atoms with E-state index in [9.17, 15) is 13.2 Å². The number of rotatable bonds is 5. The first-order chi connectivity index (χ1) is 29.1. The van der Waals surface area contributed by atoms with Crippen LogP contribution in [-0.2, 0) is 6.18 Å². The van der Waals surface area contributed by atoms with Gasteiger partial charge in [-0.3, -0.25) is 10.0 Å². The zero-order valence-electron chi connectivity index (χ0n) is 33.1. The molecule has 2 aliphatic heterocycles. The fourth-order valence-corrected chi connectivity index (χ4v) is 7.87. The van der Waals surface area contributed by atoms with Crippen LogP contribution in [0.2, 0.25) is 40.2 Å². The van der Waals surface area contributed by atoms with Gasteiger partial charge in [-0.2, -0.15) is 23.1 Å². The molecule has 4 heterocycles. The molecule has 1 fully saturated rings. The SMILES string of the molecule is CN(C)N1C=C(c2cc(Cl)cc(Cl)c2Cl)C=NC1.Cc1nc(N2CCN(C)CC2)nc(N)c1-c1cc(Cl)cc(Cl)c1Cl.Nc1nc(N)c(-c2cccc(Cl)c2Cl)c(C(F)(F)F)n1. The fourth-order valence-electron chi connectivity index (χ4n) is 6.07. The van der Waals surface area contributed by atoms with Crippen LogP contribution in [0, 0.1) is 6.92 Å². The number of allylic oxidation sites excluding steroid dienone is 1. The molecule has 2 aliphatic rings. The van der Waals surface area contributed by atoms with Crippen LogP contribution >= 0.6 is 92.8 Å². The number of aliphatic imine (C=N–C) groups is 1. The molecule has 62 heavy (non-hydrogen) atoms. The molecule has 0 spiro atoms. The normalized spacial score (nSPS) is 14.3. The Morgan fingerprint density at radius 3 is 1.82 bits per heavy atom. The molecule has 0 aliphatic carbocycles. The molecule has 6 N–H and O–H groups in total. The number of nitrogen functional groups attached to an aromatic ring is 3. The number of hydrogen-bond acceptors (Lipinski definition) is 12. The van der Waals surface area contributed by atoms with Crippen LogP contribution in [0.3, 0.4) is 0 Å². The quantitative estimate of drug-likeness (QED) is 0.144. The molecule has 0 atom stereocenters. The molecule has 2 aromatic heterocycles. The Morgan fingerprint density at radius 1 is 0.677 bits per heavy atom. The van der Waals surface area contributed by atoms with Gasteiger partial charge in [0.1, 0.15) is 18.3 Å². The minimum absolute atomic E-state index is 0.0102. The number of likely N-dealkylation sites (N-methyl/N-ethyl adjacent to an activating group) is 1. The third-order valence-electron chi connectivity index (χ3n) is 9.16. The van der Waals surface area contributed by atoms with E-state index in [-0.39, 0.29) is 15.6 Å². The van der Waals surface area contributed by atoms with E-state index in [0.29, 0.717) is 59.7 Å². The van der Waals surface area contributed by atoms with Gasteiger partial charge in [0.2, 0.25) is 11.9 Å². The molecule has 0 bridgehead atoms. The van der Waals surface area contributed by atoms with Gasteiger partial charge in [0.15, 0.2) is 5.69 Å². The molecule has 5 aromatic rings. The van der Waals surface area contributed by atoms with Crippen LogP contribution in [0.4, 0.5) is 36.7 Å². The van der Waals surface area contributed by atoms with E-state index < -0.39 is 29.2 Å². The summed E-state index contributed by atoms with van der Waals surface area (Å²) in [4.78, 5) is 24.6. The molecule has 0 saturated carbocycles. The van der Waals surface area contributed by atoms with Gasteiger partial charge >= 0.3 is 6.18 Å². The Hall–Kier alpha value is -3.74. The predicted octanol–water partition coefficient (Wildman–Crippen LogP) is 11.2. The number of hydrogen-bond donors (Lipinski definition) is 3. The maximum Gasteiger partial charge on any atom is 0.434 e. The lowest BCUT2D eigenvalue weighted by atomic mass is 10.0. The Labute approximate surface area is 395 Å². The topological polar surface area (TPSA) is 155 Å². The van der Waals surface area contributed by atoms with Crippen LogP contribution in [0.5, 0.6) is 0 Å². The van der Waals surface area contributed by atoms with Crippen LogP contribution in [0.15, 0.2) is 53.7 Å². The lowest BCUT2D eigenvalue weighted by molar-refractivity contribution is -0.140. The summed E-state index contributed by atoms with van der Waals surface area (Å²) in [5.74, 6) is 0.0217. The molecule has 1 saturated heterocycles. The monoisotopic (exact) mass is 1010 g/mol. The van der Waals surface area contributed by atoms with E-state index in [1.54, 1.807) is 30.5 Å². The third kappa shape index (κ3) is 11.9. The zero-order chi connectivity index (χ0) is 45.8. The van der Waals surface area contributed by atoms with E-state index in [0.717, 1.165) is 43.0 Å². The average molecular weight is 1010 g/mol. The Balaban J connectivity index is 0.000000178. The standard InChI is InChI=1S/C16H18Cl3N5.C12H12Cl3N3.C11H7Cl2F3N4/c1-9-13(11-7-10(17)8-12(18)14(11)19)15(20)22-16(21-9)24-5-3-23(2)4-6-24;1-17(2)18-6-8(5-16-7-18)10-3-9(13)4-11(14)12(10)15;12-5-3-1-2-4(7(5)13)6-8(11(14,15)16)19-10(18)20-9(6)17/h7-8H,3-6H2,1-2H3,(H2,20,21,22);3-6H,7H2,1-2H3;1-3H,(H4,17,18,19,20).